The Hall–Kier alpha value is -1.65. The van der Waals surface area contributed by atoms with Crippen LogP contribution < -0.4 is 0 Å². The summed E-state index contributed by atoms with van der Waals surface area (Å²) < 4.78 is 4.51. The number of Topliss-reactive ketones (excluding diaryl/α,β-unsaturated/α-hetero) is 1. The third-order valence-electron chi connectivity index (χ3n) is 1.34. The molecule has 0 fully saturated rings. The van der Waals surface area contributed by atoms with Gasteiger partial charge in [-0.05, 0) is 6.42 Å². The zero-order valence-electron chi connectivity index (χ0n) is 7.91. The first-order valence-electron chi connectivity index (χ1n) is 4.10. The van der Waals surface area contributed by atoms with Crippen LogP contribution in [0.5, 0.6) is 0 Å². The Labute approximate surface area is 81.4 Å². The van der Waals surface area contributed by atoms with Gasteiger partial charge in [-0.25, -0.2) is 9.59 Å². The van der Waals surface area contributed by atoms with Crippen molar-refractivity contribution < 1.29 is 24.2 Å². The molecule has 78 valence electrons. The van der Waals surface area contributed by atoms with Crippen LogP contribution in [0.2, 0.25) is 0 Å². The molecule has 5 heteroatoms. The van der Waals surface area contributed by atoms with Crippen molar-refractivity contribution in [3.8, 4) is 0 Å². The summed E-state index contributed by atoms with van der Waals surface area (Å²) in [4.78, 5) is 32.1. The lowest BCUT2D eigenvalue weighted by molar-refractivity contribution is -0.153. The molecule has 0 aliphatic carbocycles. The van der Waals surface area contributed by atoms with Crippen LogP contribution in [0.15, 0.2) is 12.2 Å². The molecule has 0 aromatic heterocycles. The first-order valence-corrected chi connectivity index (χ1v) is 4.10. The lowest BCUT2D eigenvalue weighted by atomic mass is 10.1. The van der Waals surface area contributed by atoms with Crippen LogP contribution in [0.4, 0.5) is 0 Å². The predicted octanol–water partition coefficient (Wildman–Crippen LogP) is 0.540. The highest BCUT2D eigenvalue weighted by Crippen LogP contribution is 2.00. The molecule has 0 aliphatic heterocycles. The third kappa shape index (κ3) is 4.39. The second kappa shape index (κ2) is 5.90. The number of carboxylic acids is 1. The van der Waals surface area contributed by atoms with Gasteiger partial charge in [0.2, 0.25) is 5.78 Å². The summed E-state index contributed by atoms with van der Waals surface area (Å²) in [6.07, 6.45) is 0.108. The Kier molecular flexibility index (Phi) is 5.21. The van der Waals surface area contributed by atoms with E-state index in [1.807, 2.05) is 0 Å². The molecule has 0 aromatic rings. The number of aliphatic carboxylic acids is 1. The van der Waals surface area contributed by atoms with Gasteiger partial charge in [0, 0.05) is 12.0 Å². The molecule has 1 N–H and O–H groups in total. The summed E-state index contributed by atoms with van der Waals surface area (Å²) in [5.41, 5.74) is -0.316. The fraction of sp³-hybridized carbons (Fsp3) is 0.444. The van der Waals surface area contributed by atoms with Gasteiger partial charge >= 0.3 is 11.9 Å². The summed E-state index contributed by atoms with van der Waals surface area (Å²) in [6, 6.07) is 0. The second-order valence-electron chi connectivity index (χ2n) is 2.64. The van der Waals surface area contributed by atoms with Crippen molar-refractivity contribution in [3.05, 3.63) is 12.2 Å². The standard InChI is InChI=1S/C9H12O5/c1-3-4-14-9(13)7(10)5-6(2)8(11)12/h2-5H2,1H3,(H,11,12). The third-order valence-corrected chi connectivity index (χ3v) is 1.34. The highest BCUT2D eigenvalue weighted by Gasteiger charge is 2.18. The van der Waals surface area contributed by atoms with Crippen molar-refractivity contribution in [2.75, 3.05) is 6.61 Å². The summed E-state index contributed by atoms with van der Waals surface area (Å²) in [6.45, 7) is 5.07. The Morgan fingerprint density at radius 2 is 1.93 bits per heavy atom. The Morgan fingerprint density at radius 3 is 2.36 bits per heavy atom. The van der Waals surface area contributed by atoms with Gasteiger partial charge in [0.05, 0.1) is 6.61 Å². The van der Waals surface area contributed by atoms with E-state index in [0.29, 0.717) is 6.42 Å². The first-order chi connectivity index (χ1) is 6.49. The number of hydrogen-bond acceptors (Lipinski definition) is 4. The van der Waals surface area contributed by atoms with Gasteiger partial charge in [-0.1, -0.05) is 13.5 Å². The summed E-state index contributed by atoms with van der Waals surface area (Å²) in [5, 5.41) is 8.38. The molecule has 0 radical (unpaired) electrons. The van der Waals surface area contributed by atoms with Crippen LogP contribution >= 0.6 is 0 Å². The smallest absolute Gasteiger partial charge is 0.374 e. The van der Waals surface area contributed by atoms with E-state index in [1.54, 1.807) is 6.92 Å². The van der Waals surface area contributed by atoms with E-state index < -0.39 is 24.1 Å². The summed E-state index contributed by atoms with van der Waals surface area (Å²) in [5.74, 6) is -3.18. The second-order valence-corrected chi connectivity index (χ2v) is 2.64. The Morgan fingerprint density at radius 1 is 1.36 bits per heavy atom. The molecule has 0 heterocycles. The molecular weight excluding hydrogens is 188 g/mol. The normalized spacial score (nSPS) is 9.21. The molecule has 0 spiro atoms. The lowest BCUT2D eigenvalue weighted by Gasteiger charge is -2.01. The maximum absolute atomic E-state index is 11.0. The molecule has 0 aliphatic rings. The molecule has 0 amide bonds. The van der Waals surface area contributed by atoms with Gasteiger partial charge in [-0.2, -0.15) is 0 Å². The lowest BCUT2D eigenvalue weighted by Crippen LogP contribution is -2.19. The van der Waals surface area contributed by atoms with Crippen molar-refractivity contribution in [3.63, 3.8) is 0 Å². The van der Waals surface area contributed by atoms with E-state index in [2.05, 4.69) is 11.3 Å². The number of ketones is 1. The van der Waals surface area contributed by atoms with Crippen LogP contribution in [0, 0.1) is 0 Å². The zero-order chi connectivity index (χ0) is 11.1. The molecule has 5 nitrogen and oxygen atoms in total. The predicted molar refractivity (Wildman–Crippen MR) is 47.6 cm³/mol. The van der Waals surface area contributed by atoms with Crippen LogP contribution in [0.3, 0.4) is 0 Å². The minimum Gasteiger partial charge on any atom is -0.478 e. The largest absolute Gasteiger partial charge is 0.478 e. The molecule has 0 saturated carbocycles. The molecule has 14 heavy (non-hydrogen) atoms. The number of esters is 1. The van der Waals surface area contributed by atoms with E-state index in [0.717, 1.165) is 0 Å². The number of rotatable bonds is 6. The molecule has 0 bridgehead atoms. The maximum Gasteiger partial charge on any atom is 0.374 e. The van der Waals surface area contributed by atoms with Crippen LogP contribution in [0.25, 0.3) is 0 Å². The molecule has 0 unspecified atom stereocenters. The van der Waals surface area contributed by atoms with Crippen LogP contribution in [-0.4, -0.2) is 29.4 Å². The van der Waals surface area contributed by atoms with Crippen molar-refractivity contribution in [1.29, 1.82) is 0 Å². The molecule has 0 rings (SSSR count). The highest BCUT2D eigenvalue weighted by molar-refractivity contribution is 6.34. The van der Waals surface area contributed by atoms with Crippen molar-refractivity contribution in [2.45, 2.75) is 19.8 Å². The van der Waals surface area contributed by atoms with Gasteiger partial charge in [-0.15, -0.1) is 0 Å². The van der Waals surface area contributed by atoms with Crippen LogP contribution in [-0.2, 0) is 19.1 Å². The molecule has 0 saturated heterocycles. The fourth-order valence-corrected chi connectivity index (χ4v) is 0.617. The number of carbonyl (C=O) groups is 3. The van der Waals surface area contributed by atoms with Crippen molar-refractivity contribution in [2.24, 2.45) is 0 Å². The van der Waals surface area contributed by atoms with Gasteiger partial charge in [0.15, 0.2) is 0 Å². The average molecular weight is 200 g/mol. The number of carbonyl (C=O) groups excluding carboxylic acids is 2. The monoisotopic (exact) mass is 200 g/mol. The Bertz CT molecular complexity index is 266. The van der Waals surface area contributed by atoms with Gasteiger partial charge in [-0.3, -0.25) is 4.79 Å². The summed E-state index contributed by atoms with van der Waals surface area (Å²) >= 11 is 0. The zero-order valence-corrected chi connectivity index (χ0v) is 7.91. The number of ether oxygens (including phenoxy) is 1. The minimum atomic E-state index is -1.29. The summed E-state index contributed by atoms with van der Waals surface area (Å²) in [7, 11) is 0. The molecular formula is C9H12O5. The minimum absolute atomic E-state index is 0.157. The average Bonchev–Trinajstić information content (AvgIpc) is 2.13. The van der Waals surface area contributed by atoms with Gasteiger partial charge < -0.3 is 9.84 Å². The number of hydrogen-bond donors (Lipinski definition) is 1. The van der Waals surface area contributed by atoms with Gasteiger partial charge in [0.25, 0.3) is 0 Å². The molecule has 0 atom stereocenters. The van der Waals surface area contributed by atoms with E-state index in [4.69, 9.17) is 5.11 Å². The van der Waals surface area contributed by atoms with Gasteiger partial charge in [0.1, 0.15) is 0 Å². The number of carboxylic acid groups (broad SMARTS) is 1. The fourth-order valence-electron chi connectivity index (χ4n) is 0.617. The van der Waals surface area contributed by atoms with E-state index >= 15 is 0 Å². The van der Waals surface area contributed by atoms with Crippen molar-refractivity contribution >= 4 is 17.7 Å². The topological polar surface area (TPSA) is 80.7 Å². The van der Waals surface area contributed by atoms with E-state index in [-0.39, 0.29) is 12.2 Å². The molecule has 0 aromatic carbocycles. The first kappa shape index (κ1) is 12.3. The van der Waals surface area contributed by atoms with E-state index in [9.17, 15) is 14.4 Å². The maximum atomic E-state index is 11.0. The van der Waals surface area contributed by atoms with E-state index in [1.165, 1.54) is 0 Å². The Balaban J connectivity index is 4.02. The highest BCUT2D eigenvalue weighted by atomic mass is 16.5. The van der Waals surface area contributed by atoms with Crippen LogP contribution in [0.1, 0.15) is 19.8 Å². The SMILES string of the molecule is C=C(CC(=O)C(=O)OCCC)C(=O)O. The van der Waals surface area contributed by atoms with Crippen molar-refractivity contribution in [1.82, 2.24) is 0 Å². The quantitative estimate of drug-likeness (QED) is 0.384.